The normalized spacial score (nSPS) is 10.2. The Balaban J connectivity index is 2.27. The second-order valence-corrected chi connectivity index (χ2v) is 5.49. The molecule has 2 nitrogen and oxygen atoms in total. The van der Waals surface area contributed by atoms with E-state index in [0.29, 0.717) is 0 Å². The van der Waals surface area contributed by atoms with Crippen LogP contribution in [0, 0.1) is 0 Å². The van der Waals surface area contributed by atoms with Crippen LogP contribution in [0.3, 0.4) is 0 Å². The molecular formula is C13H12BrNOS. The van der Waals surface area contributed by atoms with E-state index in [-0.39, 0.29) is 0 Å². The van der Waals surface area contributed by atoms with Gasteiger partial charge in [0.25, 0.3) is 0 Å². The standard InChI is InChI=1S/C13H12BrNOS/c1-16-10-3-2-4-11(8-10)17-13-7-9(14)5-6-12(13)15/h2-8H,15H2,1H3. The minimum atomic E-state index is 0.779. The molecule has 0 atom stereocenters. The quantitative estimate of drug-likeness (QED) is 0.863. The molecule has 0 spiro atoms. The van der Waals surface area contributed by atoms with E-state index in [1.54, 1.807) is 18.9 Å². The third kappa shape index (κ3) is 3.17. The lowest BCUT2D eigenvalue weighted by Gasteiger charge is -2.07. The monoisotopic (exact) mass is 309 g/mol. The van der Waals surface area contributed by atoms with Gasteiger partial charge in [-0.2, -0.15) is 0 Å². The minimum absolute atomic E-state index is 0.779. The molecule has 0 saturated heterocycles. The number of methoxy groups -OCH3 is 1. The summed E-state index contributed by atoms with van der Waals surface area (Å²) in [6.07, 6.45) is 0. The van der Waals surface area contributed by atoms with Gasteiger partial charge in [0, 0.05) is 20.0 Å². The van der Waals surface area contributed by atoms with Crippen LogP contribution in [-0.2, 0) is 0 Å². The van der Waals surface area contributed by atoms with Gasteiger partial charge in [-0.15, -0.1) is 0 Å². The van der Waals surface area contributed by atoms with Crippen molar-refractivity contribution in [3.63, 3.8) is 0 Å². The summed E-state index contributed by atoms with van der Waals surface area (Å²) < 4.78 is 6.22. The highest BCUT2D eigenvalue weighted by molar-refractivity contribution is 9.10. The highest BCUT2D eigenvalue weighted by Crippen LogP contribution is 2.35. The summed E-state index contributed by atoms with van der Waals surface area (Å²) in [5.41, 5.74) is 6.71. The Morgan fingerprint density at radius 2 is 2.00 bits per heavy atom. The smallest absolute Gasteiger partial charge is 0.119 e. The van der Waals surface area contributed by atoms with Crippen molar-refractivity contribution in [1.82, 2.24) is 0 Å². The molecule has 2 rings (SSSR count). The SMILES string of the molecule is COc1cccc(Sc2cc(Br)ccc2N)c1. The van der Waals surface area contributed by atoms with E-state index in [9.17, 15) is 0 Å². The Kier molecular flexibility index (Phi) is 3.97. The number of rotatable bonds is 3. The first-order chi connectivity index (χ1) is 8.19. The molecule has 0 radical (unpaired) electrons. The fourth-order valence-corrected chi connectivity index (χ4v) is 2.85. The van der Waals surface area contributed by atoms with E-state index >= 15 is 0 Å². The van der Waals surface area contributed by atoms with Crippen LogP contribution in [0.4, 0.5) is 5.69 Å². The maximum absolute atomic E-state index is 5.93. The molecule has 0 heterocycles. The number of hydrogen-bond acceptors (Lipinski definition) is 3. The van der Waals surface area contributed by atoms with Crippen LogP contribution in [-0.4, -0.2) is 7.11 Å². The van der Waals surface area contributed by atoms with E-state index in [1.165, 1.54) is 0 Å². The molecule has 2 N–H and O–H groups in total. The van der Waals surface area contributed by atoms with E-state index in [0.717, 1.165) is 25.7 Å². The molecule has 88 valence electrons. The molecule has 0 aliphatic heterocycles. The van der Waals surface area contributed by atoms with Crippen molar-refractivity contribution in [2.75, 3.05) is 12.8 Å². The summed E-state index contributed by atoms with van der Waals surface area (Å²) >= 11 is 5.07. The van der Waals surface area contributed by atoms with E-state index < -0.39 is 0 Å². The van der Waals surface area contributed by atoms with Crippen LogP contribution in [0.25, 0.3) is 0 Å². The maximum Gasteiger partial charge on any atom is 0.119 e. The predicted molar refractivity (Wildman–Crippen MR) is 75.7 cm³/mol. The highest BCUT2D eigenvalue weighted by Gasteiger charge is 2.03. The van der Waals surface area contributed by atoms with Crippen molar-refractivity contribution in [2.45, 2.75) is 9.79 Å². The zero-order valence-electron chi connectivity index (χ0n) is 9.31. The number of ether oxygens (including phenoxy) is 1. The summed E-state index contributed by atoms with van der Waals surface area (Å²) in [5.74, 6) is 0.851. The Morgan fingerprint density at radius 3 is 2.76 bits per heavy atom. The van der Waals surface area contributed by atoms with Crippen molar-refractivity contribution in [3.8, 4) is 5.75 Å². The van der Waals surface area contributed by atoms with Gasteiger partial charge >= 0.3 is 0 Å². The molecule has 0 aliphatic rings. The molecule has 0 saturated carbocycles. The van der Waals surface area contributed by atoms with Crippen molar-refractivity contribution in [1.29, 1.82) is 0 Å². The molecule has 0 aromatic heterocycles. The van der Waals surface area contributed by atoms with Crippen LogP contribution in [0.5, 0.6) is 5.75 Å². The number of halogens is 1. The number of nitrogen functional groups attached to an aromatic ring is 1. The van der Waals surface area contributed by atoms with Gasteiger partial charge in [-0.05, 0) is 36.4 Å². The van der Waals surface area contributed by atoms with Gasteiger partial charge in [-0.25, -0.2) is 0 Å². The molecule has 0 aliphatic carbocycles. The van der Waals surface area contributed by atoms with Crippen LogP contribution >= 0.6 is 27.7 Å². The average molecular weight is 310 g/mol. The predicted octanol–water partition coefficient (Wildman–Crippen LogP) is 4.19. The summed E-state index contributed by atoms with van der Waals surface area (Å²) in [5, 5.41) is 0. The van der Waals surface area contributed by atoms with Crippen molar-refractivity contribution >= 4 is 33.4 Å². The van der Waals surface area contributed by atoms with Gasteiger partial charge in [-0.3, -0.25) is 0 Å². The van der Waals surface area contributed by atoms with Crippen LogP contribution < -0.4 is 10.5 Å². The molecule has 4 heteroatoms. The van der Waals surface area contributed by atoms with Crippen LogP contribution in [0.15, 0.2) is 56.7 Å². The fraction of sp³-hybridized carbons (Fsp3) is 0.0769. The Morgan fingerprint density at radius 1 is 1.18 bits per heavy atom. The number of nitrogens with two attached hydrogens (primary N) is 1. The molecule has 0 amide bonds. The van der Waals surface area contributed by atoms with Crippen molar-refractivity contribution in [3.05, 3.63) is 46.9 Å². The van der Waals surface area contributed by atoms with Gasteiger partial charge in [-0.1, -0.05) is 33.8 Å². The minimum Gasteiger partial charge on any atom is -0.497 e. The molecule has 2 aromatic rings. The first kappa shape index (κ1) is 12.3. The lowest BCUT2D eigenvalue weighted by atomic mass is 10.3. The second kappa shape index (κ2) is 5.47. The molecule has 0 bridgehead atoms. The lowest BCUT2D eigenvalue weighted by molar-refractivity contribution is 0.413. The maximum atomic E-state index is 5.93. The molecular weight excluding hydrogens is 298 g/mol. The van der Waals surface area contributed by atoms with Gasteiger partial charge in [0.1, 0.15) is 5.75 Å². The Hall–Kier alpha value is -1.13. The van der Waals surface area contributed by atoms with Crippen molar-refractivity contribution < 1.29 is 4.74 Å². The van der Waals surface area contributed by atoms with E-state index in [4.69, 9.17) is 10.5 Å². The summed E-state index contributed by atoms with van der Waals surface area (Å²) in [7, 11) is 1.66. The van der Waals surface area contributed by atoms with Crippen LogP contribution in [0.1, 0.15) is 0 Å². The van der Waals surface area contributed by atoms with Crippen LogP contribution in [0.2, 0.25) is 0 Å². The number of benzene rings is 2. The zero-order valence-corrected chi connectivity index (χ0v) is 11.7. The third-order valence-electron chi connectivity index (χ3n) is 2.24. The Labute approximate surface area is 113 Å². The number of anilines is 1. The topological polar surface area (TPSA) is 35.2 Å². The largest absolute Gasteiger partial charge is 0.497 e. The zero-order chi connectivity index (χ0) is 12.3. The Bertz CT molecular complexity index is 531. The van der Waals surface area contributed by atoms with Gasteiger partial charge in [0.05, 0.1) is 7.11 Å². The second-order valence-electron chi connectivity index (χ2n) is 3.46. The van der Waals surface area contributed by atoms with E-state index in [2.05, 4.69) is 15.9 Å². The average Bonchev–Trinajstić information content (AvgIpc) is 2.34. The molecule has 17 heavy (non-hydrogen) atoms. The van der Waals surface area contributed by atoms with Gasteiger partial charge < -0.3 is 10.5 Å². The summed E-state index contributed by atoms with van der Waals surface area (Å²) in [4.78, 5) is 2.14. The molecule has 2 aromatic carbocycles. The lowest BCUT2D eigenvalue weighted by Crippen LogP contribution is -1.88. The first-order valence-corrected chi connectivity index (χ1v) is 6.67. The number of hydrogen-bond donors (Lipinski definition) is 1. The molecule has 0 unspecified atom stereocenters. The fourth-order valence-electron chi connectivity index (χ4n) is 1.39. The van der Waals surface area contributed by atoms with Crippen molar-refractivity contribution in [2.24, 2.45) is 0 Å². The van der Waals surface area contributed by atoms with Gasteiger partial charge in [0.15, 0.2) is 0 Å². The first-order valence-electron chi connectivity index (χ1n) is 5.06. The highest BCUT2D eigenvalue weighted by atomic mass is 79.9. The third-order valence-corrected chi connectivity index (χ3v) is 3.80. The van der Waals surface area contributed by atoms with E-state index in [1.807, 2.05) is 42.5 Å². The van der Waals surface area contributed by atoms with Gasteiger partial charge in [0.2, 0.25) is 0 Å². The summed E-state index contributed by atoms with van der Waals surface area (Å²) in [6.45, 7) is 0. The molecule has 0 fully saturated rings. The summed E-state index contributed by atoms with van der Waals surface area (Å²) in [6, 6.07) is 13.8.